The van der Waals surface area contributed by atoms with Gasteiger partial charge in [0, 0.05) is 19.1 Å². The standard InChI is InChI=1S/C14H20N4/c1-2-10-16-13-5-3-6-14(17-13)18(11-4-9-15)12-7-8-12/h3,5-6,12H,2,4,7-8,10-11H2,1H3,(H,16,17). The molecule has 0 atom stereocenters. The van der Waals surface area contributed by atoms with Crippen LogP contribution in [0.1, 0.15) is 32.6 Å². The molecule has 96 valence electrons. The third-order valence-electron chi connectivity index (χ3n) is 3.04. The van der Waals surface area contributed by atoms with Crippen LogP contribution in [0.4, 0.5) is 11.6 Å². The third kappa shape index (κ3) is 3.36. The van der Waals surface area contributed by atoms with Gasteiger partial charge < -0.3 is 10.2 Å². The van der Waals surface area contributed by atoms with Crippen molar-refractivity contribution in [3.8, 4) is 6.07 Å². The fourth-order valence-electron chi connectivity index (χ4n) is 1.98. The van der Waals surface area contributed by atoms with Crippen LogP contribution in [0.25, 0.3) is 0 Å². The van der Waals surface area contributed by atoms with Gasteiger partial charge in [0.1, 0.15) is 11.6 Å². The van der Waals surface area contributed by atoms with E-state index in [-0.39, 0.29) is 0 Å². The molecule has 4 heteroatoms. The van der Waals surface area contributed by atoms with Crippen LogP contribution in [0, 0.1) is 11.3 Å². The summed E-state index contributed by atoms with van der Waals surface area (Å²) in [5, 5.41) is 12.0. The molecular formula is C14H20N4. The molecule has 1 aromatic heterocycles. The van der Waals surface area contributed by atoms with Crippen molar-refractivity contribution in [1.82, 2.24) is 4.98 Å². The van der Waals surface area contributed by atoms with Crippen LogP contribution in [0.5, 0.6) is 0 Å². The quantitative estimate of drug-likeness (QED) is 0.801. The van der Waals surface area contributed by atoms with Crippen molar-refractivity contribution < 1.29 is 0 Å². The first kappa shape index (κ1) is 12.7. The maximum atomic E-state index is 8.73. The summed E-state index contributed by atoms with van der Waals surface area (Å²) >= 11 is 0. The zero-order chi connectivity index (χ0) is 12.8. The number of anilines is 2. The molecule has 0 aromatic carbocycles. The number of rotatable bonds is 7. The first-order chi connectivity index (χ1) is 8.85. The van der Waals surface area contributed by atoms with Crippen LogP contribution in [-0.4, -0.2) is 24.1 Å². The number of nitrogens with one attached hydrogen (secondary N) is 1. The zero-order valence-corrected chi connectivity index (χ0v) is 10.9. The van der Waals surface area contributed by atoms with Crippen LogP contribution in [0.3, 0.4) is 0 Å². The molecule has 0 spiro atoms. The fourth-order valence-corrected chi connectivity index (χ4v) is 1.98. The van der Waals surface area contributed by atoms with Crippen LogP contribution < -0.4 is 10.2 Å². The fraction of sp³-hybridized carbons (Fsp3) is 0.571. The summed E-state index contributed by atoms with van der Waals surface area (Å²) in [6.45, 7) is 3.86. The van der Waals surface area contributed by atoms with E-state index in [1.807, 2.05) is 18.2 Å². The third-order valence-corrected chi connectivity index (χ3v) is 3.04. The van der Waals surface area contributed by atoms with E-state index in [0.717, 1.165) is 31.1 Å². The normalized spacial score (nSPS) is 14.0. The molecule has 1 aliphatic rings. The average Bonchev–Trinajstić information content (AvgIpc) is 3.22. The summed E-state index contributed by atoms with van der Waals surface area (Å²) in [6.07, 6.45) is 4.09. The second kappa shape index (κ2) is 6.25. The summed E-state index contributed by atoms with van der Waals surface area (Å²) in [6, 6.07) is 8.86. The largest absolute Gasteiger partial charge is 0.370 e. The molecule has 1 aliphatic carbocycles. The van der Waals surface area contributed by atoms with Crippen LogP contribution in [-0.2, 0) is 0 Å². The first-order valence-corrected chi connectivity index (χ1v) is 6.69. The molecule has 1 aromatic rings. The minimum atomic E-state index is 0.560. The molecular weight excluding hydrogens is 224 g/mol. The second-order valence-corrected chi connectivity index (χ2v) is 4.64. The Morgan fingerprint density at radius 1 is 1.50 bits per heavy atom. The molecule has 2 rings (SSSR count). The van der Waals surface area contributed by atoms with E-state index in [1.54, 1.807) is 0 Å². The topological polar surface area (TPSA) is 52.0 Å². The highest BCUT2D eigenvalue weighted by Gasteiger charge is 2.29. The van der Waals surface area contributed by atoms with Gasteiger partial charge in [0.2, 0.25) is 0 Å². The second-order valence-electron chi connectivity index (χ2n) is 4.64. The Hall–Kier alpha value is -1.76. The van der Waals surface area contributed by atoms with Gasteiger partial charge in [-0.1, -0.05) is 13.0 Å². The van der Waals surface area contributed by atoms with Crippen molar-refractivity contribution in [3.05, 3.63) is 18.2 Å². The smallest absolute Gasteiger partial charge is 0.131 e. The van der Waals surface area contributed by atoms with Gasteiger partial charge in [0.05, 0.1) is 12.5 Å². The Balaban J connectivity index is 2.06. The Labute approximate surface area is 109 Å². The number of pyridine rings is 1. The Kier molecular flexibility index (Phi) is 4.40. The summed E-state index contributed by atoms with van der Waals surface area (Å²) in [7, 11) is 0. The van der Waals surface area contributed by atoms with Crippen LogP contribution >= 0.6 is 0 Å². The average molecular weight is 244 g/mol. The highest BCUT2D eigenvalue weighted by atomic mass is 15.2. The molecule has 4 nitrogen and oxygen atoms in total. The molecule has 0 bridgehead atoms. The molecule has 1 fully saturated rings. The first-order valence-electron chi connectivity index (χ1n) is 6.69. The summed E-state index contributed by atoms with van der Waals surface area (Å²) in [4.78, 5) is 6.89. The maximum absolute atomic E-state index is 8.73. The number of hydrogen-bond acceptors (Lipinski definition) is 4. The lowest BCUT2D eigenvalue weighted by Crippen LogP contribution is -2.27. The Morgan fingerprint density at radius 3 is 3.00 bits per heavy atom. The van der Waals surface area contributed by atoms with Gasteiger partial charge in [0.25, 0.3) is 0 Å². The molecule has 1 saturated carbocycles. The van der Waals surface area contributed by atoms with Crippen molar-refractivity contribution in [2.75, 3.05) is 23.3 Å². The van der Waals surface area contributed by atoms with E-state index in [1.165, 1.54) is 12.8 Å². The van der Waals surface area contributed by atoms with Gasteiger partial charge in [-0.3, -0.25) is 0 Å². The lowest BCUT2D eigenvalue weighted by Gasteiger charge is -2.22. The molecule has 0 amide bonds. The van der Waals surface area contributed by atoms with Crippen molar-refractivity contribution >= 4 is 11.6 Å². The van der Waals surface area contributed by atoms with Crippen molar-refractivity contribution in [2.24, 2.45) is 0 Å². The number of hydrogen-bond donors (Lipinski definition) is 1. The zero-order valence-electron chi connectivity index (χ0n) is 10.9. The van der Waals surface area contributed by atoms with E-state index in [9.17, 15) is 0 Å². The predicted octanol–water partition coefficient (Wildman–Crippen LogP) is 2.79. The van der Waals surface area contributed by atoms with E-state index in [0.29, 0.717) is 12.5 Å². The van der Waals surface area contributed by atoms with E-state index in [4.69, 9.17) is 5.26 Å². The Morgan fingerprint density at radius 2 is 2.33 bits per heavy atom. The monoisotopic (exact) mass is 244 g/mol. The molecule has 0 radical (unpaired) electrons. The van der Waals surface area contributed by atoms with Gasteiger partial charge in [-0.15, -0.1) is 0 Å². The Bertz CT molecular complexity index is 420. The molecule has 0 unspecified atom stereocenters. The van der Waals surface area contributed by atoms with E-state index < -0.39 is 0 Å². The summed E-state index contributed by atoms with van der Waals surface area (Å²) in [5.41, 5.74) is 0. The highest BCUT2D eigenvalue weighted by molar-refractivity contribution is 5.48. The lowest BCUT2D eigenvalue weighted by atomic mass is 10.3. The van der Waals surface area contributed by atoms with Gasteiger partial charge >= 0.3 is 0 Å². The summed E-state index contributed by atoms with van der Waals surface area (Å²) in [5.74, 6) is 1.92. The SMILES string of the molecule is CCCNc1cccc(N(CCC#N)C2CC2)n1. The minimum Gasteiger partial charge on any atom is -0.370 e. The van der Waals surface area contributed by atoms with Crippen molar-refractivity contribution in [3.63, 3.8) is 0 Å². The van der Waals surface area contributed by atoms with Gasteiger partial charge in [0.15, 0.2) is 0 Å². The van der Waals surface area contributed by atoms with Gasteiger partial charge in [-0.05, 0) is 31.4 Å². The highest BCUT2D eigenvalue weighted by Crippen LogP contribution is 2.31. The molecule has 1 N–H and O–H groups in total. The number of aromatic nitrogens is 1. The number of nitriles is 1. The molecule has 18 heavy (non-hydrogen) atoms. The van der Waals surface area contributed by atoms with Crippen LogP contribution in [0.15, 0.2) is 18.2 Å². The van der Waals surface area contributed by atoms with Crippen LogP contribution in [0.2, 0.25) is 0 Å². The molecule has 0 aliphatic heterocycles. The predicted molar refractivity (Wildman–Crippen MR) is 73.6 cm³/mol. The maximum Gasteiger partial charge on any atom is 0.131 e. The van der Waals surface area contributed by atoms with Crippen molar-refractivity contribution in [1.29, 1.82) is 5.26 Å². The van der Waals surface area contributed by atoms with Crippen molar-refractivity contribution in [2.45, 2.75) is 38.6 Å². The molecule has 0 saturated heterocycles. The molecule has 1 heterocycles. The van der Waals surface area contributed by atoms with E-state index >= 15 is 0 Å². The lowest BCUT2D eigenvalue weighted by molar-refractivity contribution is 0.778. The van der Waals surface area contributed by atoms with E-state index in [2.05, 4.69) is 28.2 Å². The summed E-state index contributed by atoms with van der Waals surface area (Å²) < 4.78 is 0. The number of nitrogens with zero attached hydrogens (tertiary/aromatic N) is 3. The van der Waals surface area contributed by atoms with Gasteiger partial charge in [-0.25, -0.2) is 4.98 Å². The minimum absolute atomic E-state index is 0.560. The van der Waals surface area contributed by atoms with Gasteiger partial charge in [-0.2, -0.15) is 5.26 Å².